The number of β-amino-alcohol motifs (C(OH)–C–C–N with tert-alkyl or cyclic N) is 1. The van der Waals surface area contributed by atoms with Gasteiger partial charge in [0.25, 0.3) is 0 Å². The molecule has 1 aromatic rings. The number of sulfone groups is 1. The SMILES string of the molecule is N#Cc1cccc(S(=O)(=O)CCN2CC(O)C2)c1. The van der Waals surface area contributed by atoms with Crippen molar-refractivity contribution in [2.75, 3.05) is 25.4 Å². The summed E-state index contributed by atoms with van der Waals surface area (Å²) in [5.41, 5.74) is 0.343. The van der Waals surface area contributed by atoms with E-state index in [9.17, 15) is 8.42 Å². The Morgan fingerprint density at radius 2 is 2.17 bits per heavy atom. The number of aliphatic hydroxyl groups is 1. The molecule has 2 rings (SSSR count). The van der Waals surface area contributed by atoms with Crippen LogP contribution >= 0.6 is 0 Å². The lowest BCUT2D eigenvalue weighted by Gasteiger charge is -2.35. The highest BCUT2D eigenvalue weighted by molar-refractivity contribution is 7.91. The number of nitrogens with zero attached hydrogens (tertiary/aromatic N) is 2. The quantitative estimate of drug-likeness (QED) is 0.830. The normalized spacial score (nSPS) is 17.1. The molecule has 1 saturated heterocycles. The maximum absolute atomic E-state index is 12.0. The van der Waals surface area contributed by atoms with Crippen molar-refractivity contribution in [3.05, 3.63) is 29.8 Å². The highest BCUT2D eigenvalue weighted by Crippen LogP contribution is 2.14. The standard InChI is InChI=1S/C12H14N2O3S/c13-7-10-2-1-3-12(6-10)18(16,17)5-4-14-8-11(15)9-14/h1-3,6,11,15H,4-5,8-9H2. The summed E-state index contributed by atoms with van der Waals surface area (Å²) in [6.07, 6.45) is -0.324. The van der Waals surface area contributed by atoms with Crippen molar-refractivity contribution in [1.82, 2.24) is 4.90 Å². The molecule has 0 amide bonds. The highest BCUT2D eigenvalue weighted by atomic mass is 32.2. The third-order valence-electron chi connectivity index (χ3n) is 2.94. The van der Waals surface area contributed by atoms with Gasteiger partial charge in [-0.15, -0.1) is 0 Å². The minimum Gasteiger partial charge on any atom is -0.390 e. The first-order valence-corrected chi connectivity index (χ1v) is 7.30. The largest absolute Gasteiger partial charge is 0.390 e. The molecule has 0 radical (unpaired) electrons. The third kappa shape index (κ3) is 2.88. The maximum Gasteiger partial charge on any atom is 0.179 e. The summed E-state index contributed by atoms with van der Waals surface area (Å²) >= 11 is 0. The summed E-state index contributed by atoms with van der Waals surface area (Å²) < 4.78 is 24.1. The minimum absolute atomic E-state index is 0.00853. The van der Waals surface area contributed by atoms with E-state index in [4.69, 9.17) is 10.4 Å². The predicted molar refractivity (Wildman–Crippen MR) is 65.7 cm³/mol. The fourth-order valence-corrected chi connectivity index (χ4v) is 3.18. The third-order valence-corrected chi connectivity index (χ3v) is 4.63. The van der Waals surface area contributed by atoms with Crippen molar-refractivity contribution < 1.29 is 13.5 Å². The van der Waals surface area contributed by atoms with Gasteiger partial charge in [0.15, 0.2) is 9.84 Å². The van der Waals surface area contributed by atoms with Crippen molar-refractivity contribution in [2.45, 2.75) is 11.0 Å². The molecular weight excluding hydrogens is 252 g/mol. The van der Waals surface area contributed by atoms with Gasteiger partial charge in [0.1, 0.15) is 0 Å². The zero-order chi connectivity index (χ0) is 13.2. The van der Waals surface area contributed by atoms with E-state index in [2.05, 4.69) is 0 Å². The highest BCUT2D eigenvalue weighted by Gasteiger charge is 2.26. The van der Waals surface area contributed by atoms with E-state index >= 15 is 0 Å². The van der Waals surface area contributed by atoms with E-state index < -0.39 is 9.84 Å². The first-order chi connectivity index (χ1) is 8.51. The molecular formula is C12H14N2O3S. The van der Waals surface area contributed by atoms with Crippen LogP contribution in [0.5, 0.6) is 0 Å². The summed E-state index contributed by atoms with van der Waals surface area (Å²) in [6, 6.07) is 7.96. The van der Waals surface area contributed by atoms with Crippen LogP contribution in [0.15, 0.2) is 29.2 Å². The molecule has 0 atom stereocenters. The lowest BCUT2D eigenvalue weighted by molar-refractivity contribution is 0.00623. The first kappa shape index (κ1) is 13.0. The Morgan fingerprint density at radius 1 is 1.44 bits per heavy atom. The average molecular weight is 266 g/mol. The minimum atomic E-state index is -3.36. The molecule has 1 aliphatic heterocycles. The number of likely N-dealkylation sites (tertiary alicyclic amines) is 1. The van der Waals surface area contributed by atoms with E-state index in [1.807, 2.05) is 11.0 Å². The molecule has 0 unspecified atom stereocenters. The van der Waals surface area contributed by atoms with E-state index in [1.54, 1.807) is 12.1 Å². The van der Waals surface area contributed by atoms with Gasteiger partial charge in [0.05, 0.1) is 28.4 Å². The molecule has 0 bridgehead atoms. The zero-order valence-electron chi connectivity index (χ0n) is 9.78. The second-order valence-electron chi connectivity index (χ2n) is 4.37. The van der Waals surface area contributed by atoms with Crippen LogP contribution in [0.25, 0.3) is 0 Å². The van der Waals surface area contributed by atoms with Crippen LogP contribution in [0.3, 0.4) is 0 Å². The number of hydrogen-bond donors (Lipinski definition) is 1. The molecule has 96 valence electrons. The molecule has 0 aromatic heterocycles. The summed E-state index contributed by atoms with van der Waals surface area (Å²) in [7, 11) is -3.36. The molecule has 5 nitrogen and oxygen atoms in total. The molecule has 1 aromatic carbocycles. The summed E-state index contributed by atoms with van der Waals surface area (Å²) in [6.45, 7) is 1.48. The Hall–Kier alpha value is -1.42. The Morgan fingerprint density at radius 3 is 2.78 bits per heavy atom. The van der Waals surface area contributed by atoms with Crippen LogP contribution in [-0.2, 0) is 9.84 Å². The van der Waals surface area contributed by atoms with Crippen LogP contribution in [-0.4, -0.2) is 49.9 Å². The predicted octanol–water partition coefficient (Wildman–Crippen LogP) is 0.00848. The van der Waals surface area contributed by atoms with Crippen LogP contribution < -0.4 is 0 Å². The van der Waals surface area contributed by atoms with Gasteiger partial charge in [-0.05, 0) is 18.2 Å². The Bertz CT molecular complexity index is 571. The Labute approximate surface area is 106 Å². The van der Waals surface area contributed by atoms with Gasteiger partial charge in [-0.25, -0.2) is 8.42 Å². The van der Waals surface area contributed by atoms with E-state index in [1.165, 1.54) is 12.1 Å². The second kappa shape index (κ2) is 5.06. The summed E-state index contributed by atoms with van der Waals surface area (Å²) in [4.78, 5) is 2.07. The average Bonchev–Trinajstić information content (AvgIpc) is 2.33. The van der Waals surface area contributed by atoms with Crippen LogP contribution in [0, 0.1) is 11.3 Å². The monoisotopic (exact) mass is 266 g/mol. The van der Waals surface area contributed by atoms with E-state index in [0.717, 1.165) is 0 Å². The van der Waals surface area contributed by atoms with Crippen molar-refractivity contribution in [3.8, 4) is 6.07 Å². The summed E-state index contributed by atoms with van der Waals surface area (Å²) in [5.74, 6) is 0.00853. The van der Waals surface area contributed by atoms with Gasteiger partial charge in [0.2, 0.25) is 0 Å². The van der Waals surface area contributed by atoms with Gasteiger partial charge in [-0.2, -0.15) is 5.26 Å². The Balaban J connectivity index is 2.03. The first-order valence-electron chi connectivity index (χ1n) is 5.64. The molecule has 1 aliphatic rings. The smallest absolute Gasteiger partial charge is 0.179 e. The van der Waals surface area contributed by atoms with Crippen molar-refractivity contribution >= 4 is 9.84 Å². The van der Waals surface area contributed by atoms with Crippen molar-refractivity contribution in [2.24, 2.45) is 0 Å². The van der Waals surface area contributed by atoms with Gasteiger partial charge in [-0.3, -0.25) is 4.90 Å². The molecule has 1 fully saturated rings. The van der Waals surface area contributed by atoms with Gasteiger partial charge >= 0.3 is 0 Å². The van der Waals surface area contributed by atoms with Crippen LogP contribution in [0.2, 0.25) is 0 Å². The fourth-order valence-electron chi connectivity index (χ4n) is 1.85. The van der Waals surface area contributed by atoms with Crippen molar-refractivity contribution in [3.63, 3.8) is 0 Å². The molecule has 6 heteroatoms. The Kier molecular flexibility index (Phi) is 3.66. The molecule has 0 aliphatic carbocycles. The van der Waals surface area contributed by atoms with Gasteiger partial charge in [0, 0.05) is 19.6 Å². The molecule has 0 spiro atoms. The zero-order valence-corrected chi connectivity index (χ0v) is 10.6. The maximum atomic E-state index is 12.0. The van der Waals surface area contributed by atoms with Crippen LogP contribution in [0.1, 0.15) is 5.56 Å². The number of aliphatic hydroxyl groups excluding tert-OH is 1. The number of nitriles is 1. The van der Waals surface area contributed by atoms with Crippen LogP contribution in [0.4, 0.5) is 0 Å². The van der Waals surface area contributed by atoms with Gasteiger partial charge in [-0.1, -0.05) is 6.07 Å². The number of hydrogen-bond acceptors (Lipinski definition) is 5. The topological polar surface area (TPSA) is 81.4 Å². The van der Waals surface area contributed by atoms with Crippen molar-refractivity contribution in [1.29, 1.82) is 5.26 Å². The molecule has 0 saturated carbocycles. The lowest BCUT2D eigenvalue weighted by Crippen LogP contribution is -2.51. The van der Waals surface area contributed by atoms with E-state index in [-0.39, 0.29) is 16.8 Å². The summed E-state index contributed by atoms with van der Waals surface area (Å²) in [5, 5.41) is 17.8. The molecule has 1 N–H and O–H groups in total. The number of benzene rings is 1. The fraction of sp³-hybridized carbons (Fsp3) is 0.417. The van der Waals surface area contributed by atoms with Gasteiger partial charge < -0.3 is 5.11 Å². The molecule has 1 heterocycles. The molecule has 18 heavy (non-hydrogen) atoms. The number of rotatable bonds is 4. The van der Waals surface area contributed by atoms with E-state index in [0.29, 0.717) is 25.2 Å². The second-order valence-corrected chi connectivity index (χ2v) is 6.48. The lowest BCUT2D eigenvalue weighted by atomic mass is 10.2.